The maximum atomic E-state index is 12.3. The number of nitrogens with one attached hydrogen (secondary N) is 2. The molecule has 0 saturated carbocycles. The number of amides is 4. The van der Waals surface area contributed by atoms with E-state index in [2.05, 4.69) is 17.6 Å². The highest BCUT2D eigenvalue weighted by Gasteiger charge is 2.47. The summed E-state index contributed by atoms with van der Waals surface area (Å²) in [6.45, 7) is 5.93. The lowest BCUT2D eigenvalue weighted by molar-refractivity contribution is -0.134. The standard InChI is InChI=1S/C14H25N3O3/c1-4-6-7-8-9-14(3)12(19)17(13(20)16-14)10-11(18)15-5-2/h4-10H2,1-3H3,(H,15,18)(H,16,20)/t14-/m0/s1. The normalized spacial score (nSPS) is 22.1. The van der Waals surface area contributed by atoms with Crippen LogP contribution >= 0.6 is 0 Å². The summed E-state index contributed by atoms with van der Waals surface area (Å²) in [5.41, 5.74) is -0.864. The molecule has 6 heteroatoms. The van der Waals surface area contributed by atoms with Crippen molar-refractivity contribution in [3.05, 3.63) is 0 Å². The lowest BCUT2D eigenvalue weighted by Crippen LogP contribution is -2.45. The molecule has 0 aromatic heterocycles. The van der Waals surface area contributed by atoms with E-state index >= 15 is 0 Å². The van der Waals surface area contributed by atoms with Gasteiger partial charge in [-0.3, -0.25) is 14.5 Å². The molecule has 1 aliphatic rings. The fraction of sp³-hybridized carbons (Fsp3) is 0.786. The summed E-state index contributed by atoms with van der Waals surface area (Å²) < 4.78 is 0. The smallest absolute Gasteiger partial charge is 0.325 e. The third-order valence-corrected chi connectivity index (χ3v) is 3.55. The SMILES string of the molecule is CCCCCC[C@]1(C)NC(=O)N(CC(=O)NCC)C1=O. The maximum Gasteiger partial charge on any atom is 0.325 e. The number of urea groups is 1. The molecule has 4 amide bonds. The molecule has 114 valence electrons. The first-order valence-electron chi connectivity index (χ1n) is 7.35. The monoisotopic (exact) mass is 283 g/mol. The van der Waals surface area contributed by atoms with Crippen LogP contribution in [0.2, 0.25) is 0 Å². The molecule has 0 unspecified atom stereocenters. The summed E-state index contributed by atoms with van der Waals surface area (Å²) in [6.07, 6.45) is 4.81. The molecule has 0 aliphatic carbocycles. The molecule has 0 aromatic rings. The van der Waals surface area contributed by atoms with E-state index in [1.54, 1.807) is 13.8 Å². The van der Waals surface area contributed by atoms with Gasteiger partial charge in [-0.25, -0.2) is 4.79 Å². The van der Waals surface area contributed by atoms with Gasteiger partial charge < -0.3 is 10.6 Å². The van der Waals surface area contributed by atoms with E-state index in [9.17, 15) is 14.4 Å². The lowest BCUT2D eigenvalue weighted by atomic mass is 9.94. The predicted molar refractivity (Wildman–Crippen MR) is 76.1 cm³/mol. The number of rotatable bonds is 8. The number of carbonyl (C=O) groups is 3. The Kier molecular flexibility index (Phi) is 5.98. The van der Waals surface area contributed by atoms with Crippen LogP contribution in [-0.2, 0) is 9.59 Å². The Bertz CT molecular complexity index is 384. The van der Waals surface area contributed by atoms with Gasteiger partial charge in [0, 0.05) is 6.54 Å². The van der Waals surface area contributed by atoms with Crippen molar-refractivity contribution in [3.8, 4) is 0 Å². The molecule has 1 fully saturated rings. The Balaban J connectivity index is 2.58. The van der Waals surface area contributed by atoms with Crippen LogP contribution in [0.1, 0.15) is 52.9 Å². The molecule has 1 saturated heterocycles. The van der Waals surface area contributed by atoms with Gasteiger partial charge in [0.15, 0.2) is 0 Å². The Morgan fingerprint density at radius 3 is 2.55 bits per heavy atom. The number of hydrogen-bond acceptors (Lipinski definition) is 3. The van der Waals surface area contributed by atoms with Crippen molar-refractivity contribution in [2.24, 2.45) is 0 Å². The van der Waals surface area contributed by atoms with E-state index in [-0.39, 0.29) is 18.4 Å². The molecule has 6 nitrogen and oxygen atoms in total. The van der Waals surface area contributed by atoms with E-state index < -0.39 is 11.6 Å². The first kappa shape index (κ1) is 16.5. The Hall–Kier alpha value is -1.59. The molecular weight excluding hydrogens is 258 g/mol. The average molecular weight is 283 g/mol. The third-order valence-electron chi connectivity index (χ3n) is 3.55. The van der Waals surface area contributed by atoms with Crippen LogP contribution in [0.4, 0.5) is 4.79 Å². The number of imide groups is 1. The van der Waals surface area contributed by atoms with Crippen LogP contribution in [0.25, 0.3) is 0 Å². The Labute approximate surface area is 120 Å². The van der Waals surface area contributed by atoms with Crippen molar-refractivity contribution in [1.29, 1.82) is 0 Å². The largest absolute Gasteiger partial charge is 0.355 e. The van der Waals surface area contributed by atoms with Gasteiger partial charge in [-0.2, -0.15) is 0 Å². The molecule has 0 radical (unpaired) electrons. The molecule has 2 N–H and O–H groups in total. The van der Waals surface area contributed by atoms with Gasteiger partial charge in [-0.15, -0.1) is 0 Å². The van der Waals surface area contributed by atoms with Crippen LogP contribution in [0.5, 0.6) is 0 Å². The molecule has 1 rings (SSSR count). The average Bonchev–Trinajstić information content (AvgIpc) is 2.59. The summed E-state index contributed by atoms with van der Waals surface area (Å²) in [5, 5.41) is 5.30. The van der Waals surface area contributed by atoms with Crippen molar-refractivity contribution in [3.63, 3.8) is 0 Å². The number of likely N-dealkylation sites (N-methyl/N-ethyl adjacent to an activating group) is 1. The van der Waals surface area contributed by atoms with Gasteiger partial charge in [0.1, 0.15) is 12.1 Å². The van der Waals surface area contributed by atoms with E-state index in [4.69, 9.17) is 0 Å². The first-order chi connectivity index (χ1) is 9.44. The zero-order chi connectivity index (χ0) is 15.2. The van der Waals surface area contributed by atoms with Crippen LogP contribution in [0, 0.1) is 0 Å². The molecule has 0 aromatic carbocycles. The van der Waals surface area contributed by atoms with E-state index in [0.29, 0.717) is 13.0 Å². The Morgan fingerprint density at radius 1 is 1.25 bits per heavy atom. The lowest BCUT2D eigenvalue weighted by Gasteiger charge is -2.21. The van der Waals surface area contributed by atoms with Crippen molar-refractivity contribution in [2.75, 3.05) is 13.1 Å². The van der Waals surface area contributed by atoms with Gasteiger partial charge >= 0.3 is 6.03 Å². The second-order valence-electron chi connectivity index (χ2n) is 5.42. The van der Waals surface area contributed by atoms with Crippen LogP contribution in [0.15, 0.2) is 0 Å². The summed E-state index contributed by atoms with van der Waals surface area (Å²) in [5.74, 6) is -0.614. The second-order valence-corrected chi connectivity index (χ2v) is 5.42. The van der Waals surface area contributed by atoms with Gasteiger partial charge in [-0.05, 0) is 20.3 Å². The van der Waals surface area contributed by atoms with Crippen LogP contribution in [0.3, 0.4) is 0 Å². The number of hydrogen-bond donors (Lipinski definition) is 2. The second kappa shape index (κ2) is 7.26. The summed E-state index contributed by atoms with van der Waals surface area (Å²) >= 11 is 0. The molecular formula is C14H25N3O3. The minimum atomic E-state index is -0.864. The predicted octanol–water partition coefficient (Wildman–Crippen LogP) is 1.40. The van der Waals surface area contributed by atoms with Gasteiger partial charge in [0.05, 0.1) is 0 Å². The molecule has 0 spiro atoms. The highest BCUT2D eigenvalue weighted by atomic mass is 16.2. The van der Waals surface area contributed by atoms with Crippen LogP contribution < -0.4 is 10.6 Å². The van der Waals surface area contributed by atoms with Crippen molar-refractivity contribution in [2.45, 2.75) is 58.4 Å². The highest BCUT2D eigenvalue weighted by molar-refractivity contribution is 6.08. The van der Waals surface area contributed by atoms with Crippen LogP contribution in [-0.4, -0.2) is 41.4 Å². The molecule has 1 heterocycles. The maximum absolute atomic E-state index is 12.3. The fourth-order valence-electron chi connectivity index (χ4n) is 2.36. The van der Waals surface area contributed by atoms with Gasteiger partial charge in [0.25, 0.3) is 5.91 Å². The zero-order valence-corrected chi connectivity index (χ0v) is 12.6. The van der Waals surface area contributed by atoms with Gasteiger partial charge in [-0.1, -0.05) is 32.6 Å². The quantitative estimate of drug-likeness (QED) is 0.522. The van der Waals surface area contributed by atoms with E-state index in [1.807, 2.05) is 0 Å². The zero-order valence-electron chi connectivity index (χ0n) is 12.6. The fourth-order valence-corrected chi connectivity index (χ4v) is 2.36. The summed E-state index contributed by atoms with van der Waals surface area (Å²) in [4.78, 5) is 36.7. The van der Waals surface area contributed by atoms with E-state index in [1.165, 1.54) is 0 Å². The van der Waals surface area contributed by atoms with E-state index in [0.717, 1.165) is 30.6 Å². The van der Waals surface area contributed by atoms with Gasteiger partial charge in [0.2, 0.25) is 5.91 Å². The molecule has 1 aliphatic heterocycles. The Morgan fingerprint density at radius 2 is 1.95 bits per heavy atom. The topological polar surface area (TPSA) is 78.5 Å². The molecule has 0 bridgehead atoms. The minimum absolute atomic E-state index is 0.205. The number of unbranched alkanes of at least 4 members (excludes halogenated alkanes) is 3. The molecule has 20 heavy (non-hydrogen) atoms. The highest BCUT2D eigenvalue weighted by Crippen LogP contribution is 2.23. The van der Waals surface area contributed by atoms with Crippen molar-refractivity contribution < 1.29 is 14.4 Å². The number of carbonyl (C=O) groups excluding carboxylic acids is 3. The van der Waals surface area contributed by atoms with Crippen molar-refractivity contribution >= 4 is 17.8 Å². The number of nitrogens with zero attached hydrogens (tertiary/aromatic N) is 1. The summed E-state index contributed by atoms with van der Waals surface area (Å²) in [6, 6.07) is -0.473. The van der Waals surface area contributed by atoms with Crippen molar-refractivity contribution in [1.82, 2.24) is 15.5 Å². The summed E-state index contributed by atoms with van der Waals surface area (Å²) in [7, 11) is 0. The molecule has 1 atom stereocenters. The minimum Gasteiger partial charge on any atom is -0.355 e. The first-order valence-corrected chi connectivity index (χ1v) is 7.35. The third kappa shape index (κ3) is 3.95.